The first-order chi connectivity index (χ1) is 9.00. The highest BCUT2D eigenvalue weighted by Gasteiger charge is 2.46. The fraction of sp³-hybridized carbons (Fsp3) is 0.462. The lowest BCUT2D eigenvalue weighted by atomic mass is 10.3. The molecular formula is C13H16O5S. The van der Waals surface area contributed by atoms with E-state index < -0.39 is 21.1 Å². The summed E-state index contributed by atoms with van der Waals surface area (Å²) in [4.78, 5) is 11.8. The molecule has 0 bridgehead atoms. The molecule has 1 aliphatic rings. The van der Waals surface area contributed by atoms with Gasteiger partial charge < -0.3 is 9.47 Å². The van der Waals surface area contributed by atoms with Crippen molar-refractivity contribution in [2.75, 3.05) is 14.2 Å². The van der Waals surface area contributed by atoms with Gasteiger partial charge in [0.2, 0.25) is 0 Å². The number of hydrogen-bond acceptors (Lipinski definition) is 5. The molecule has 5 nitrogen and oxygen atoms in total. The van der Waals surface area contributed by atoms with Gasteiger partial charge in [0, 0.05) is 0 Å². The summed E-state index contributed by atoms with van der Waals surface area (Å²) >= 11 is 0. The van der Waals surface area contributed by atoms with E-state index in [1.54, 1.807) is 12.1 Å². The zero-order valence-electron chi connectivity index (χ0n) is 10.8. The Balaban J connectivity index is 2.35. The van der Waals surface area contributed by atoms with Crippen LogP contribution in [-0.2, 0) is 19.4 Å². The number of methoxy groups -OCH3 is 2. The molecule has 0 saturated heterocycles. The number of benzene rings is 1. The van der Waals surface area contributed by atoms with Crippen molar-refractivity contribution in [3.63, 3.8) is 0 Å². The van der Waals surface area contributed by atoms with Gasteiger partial charge in [-0.05, 0) is 43.0 Å². The number of rotatable bonds is 5. The molecule has 6 heteroatoms. The molecule has 0 amide bonds. The highest BCUT2D eigenvalue weighted by molar-refractivity contribution is 7.92. The molecule has 19 heavy (non-hydrogen) atoms. The molecule has 0 aliphatic heterocycles. The second kappa shape index (κ2) is 5.21. The van der Waals surface area contributed by atoms with E-state index in [2.05, 4.69) is 4.74 Å². The fourth-order valence-corrected chi connectivity index (χ4v) is 3.94. The smallest absolute Gasteiger partial charge is 0.324 e. The number of carbonyl (C=O) groups excluding carboxylic acids is 1. The lowest BCUT2D eigenvalue weighted by Gasteiger charge is -2.15. The van der Waals surface area contributed by atoms with Crippen LogP contribution in [0.15, 0.2) is 29.2 Å². The number of hydrogen-bond donors (Lipinski definition) is 0. The number of carbonyl (C=O) groups is 1. The Morgan fingerprint density at radius 1 is 1.21 bits per heavy atom. The first-order valence-electron chi connectivity index (χ1n) is 5.96. The first-order valence-corrected chi connectivity index (χ1v) is 7.51. The molecule has 2 rings (SSSR count). The maximum atomic E-state index is 12.5. The van der Waals surface area contributed by atoms with Crippen molar-refractivity contribution in [1.82, 2.24) is 0 Å². The van der Waals surface area contributed by atoms with Crippen molar-refractivity contribution in [2.24, 2.45) is 5.92 Å². The Labute approximate surface area is 112 Å². The second-order valence-corrected chi connectivity index (χ2v) is 6.57. The lowest BCUT2D eigenvalue weighted by molar-refractivity contribution is -0.140. The molecule has 1 aromatic carbocycles. The lowest BCUT2D eigenvalue weighted by Crippen LogP contribution is -2.33. The minimum Gasteiger partial charge on any atom is -0.497 e. The van der Waals surface area contributed by atoms with E-state index in [4.69, 9.17) is 4.74 Å². The van der Waals surface area contributed by atoms with Crippen molar-refractivity contribution in [2.45, 2.75) is 23.0 Å². The molecule has 1 saturated carbocycles. The van der Waals surface area contributed by atoms with Crippen LogP contribution >= 0.6 is 0 Å². The number of esters is 1. The molecule has 0 heterocycles. The summed E-state index contributed by atoms with van der Waals surface area (Å²) in [6, 6.07) is 6.03. The molecule has 1 unspecified atom stereocenters. The molecule has 1 aliphatic carbocycles. The van der Waals surface area contributed by atoms with E-state index in [-0.39, 0.29) is 10.8 Å². The van der Waals surface area contributed by atoms with Crippen molar-refractivity contribution in [3.8, 4) is 5.75 Å². The average Bonchev–Trinajstić information content (AvgIpc) is 3.23. The predicted octanol–water partition coefficient (Wildman–Crippen LogP) is 1.42. The molecule has 1 atom stereocenters. The first kappa shape index (κ1) is 13.9. The van der Waals surface area contributed by atoms with Gasteiger partial charge in [0.1, 0.15) is 5.75 Å². The summed E-state index contributed by atoms with van der Waals surface area (Å²) in [5, 5.41) is -1.09. The van der Waals surface area contributed by atoms with Crippen LogP contribution in [0.4, 0.5) is 0 Å². The molecule has 1 aromatic rings. The Kier molecular flexibility index (Phi) is 3.80. The van der Waals surface area contributed by atoms with Crippen LogP contribution in [0.2, 0.25) is 0 Å². The third-order valence-electron chi connectivity index (χ3n) is 3.21. The van der Waals surface area contributed by atoms with E-state index in [1.807, 2.05) is 0 Å². The monoisotopic (exact) mass is 284 g/mol. The van der Waals surface area contributed by atoms with Gasteiger partial charge in [0.25, 0.3) is 0 Å². The van der Waals surface area contributed by atoms with Gasteiger partial charge in [-0.15, -0.1) is 0 Å². The molecular weight excluding hydrogens is 268 g/mol. The maximum Gasteiger partial charge on any atom is 0.324 e. The van der Waals surface area contributed by atoms with Gasteiger partial charge in [0.15, 0.2) is 15.1 Å². The van der Waals surface area contributed by atoms with Gasteiger partial charge in [-0.25, -0.2) is 8.42 Å². The van der Waals surface area contributed by atoms with Crippen LogP contribution in [0.25, 0.3) is 0 Å². The third kappa shape index (κ3) is 2.73. The van der Waals surface area contributed by atoms with E-state index >= 15 is 0 Å². The number of sulfone groups is 1. The van der Waals surface area contributed by atoms with Crippen molar-refractivity contribution < 1.29 is 22.7 Å². The summed E-state index contributed by atoms with van der Waals surface area (Å²) in [5.74, 6) is -0.238. The van der Waals surface area contributed by atoms with Crippen LogP contribution < -0.4 is 4.74 Å². The molecule has 0 aromatic heterocycles. The Bertz CT molecular complexity index is 557. The van der Waals surface area contributed by atoms with Crippen LogP contribution in [0, 0.1) is 5.92 Å². The second-order valence-electron chi connectivity index (χ2n) is 4.50. The summed E-state index contributed by atoms with van der Waals surface area (Å²) in [6.45, 7) is 0. The molecule has 104 valence electrons. The van der Waals surface area contributed by atoms with Crippen molar-refractivity contribution >= 4 is 15.8 Å². The van der Waals surface area contributed by atoms with Gasteiger partial charge >= 0.3 is 5.97 Å². The molecule has 0 spiro atoms. The van der Waals surface area contributed by atoms with Gasteiger partial charge in [-0.3, -0.25) is 4.79 Å². The van der Waals surface area contributed by atoms with Crippen LogP contribution in [0.5, 0.6) is 5.75 Å². The largest absolute Gasteiger partial charge is 0.497 e. The van der Waals surface area contributed by atoms with Crippen LogP contribution in [0.3, 0.4) is 0 Å². The van der Waals surface area contributed by atoms with Crippen molar-refractivity contribution in [1.29, 1.82) is 0 Å². The van der Waals surface area contributed by atoms with E-state index in [0.29, 0.717) is 5.75 Å². The van der Waals surface area contributed by atoms with Gasteiger partial charge in [-0.2, -0.15) is 0 Å². The summed E-state index contributed by atoms with van der Waals surface area (Å²) in [5.41, 5.74) is 0. The molecule has 1 fully saturated rings. The minimum absolute atomic E-state index is 0.121. The SMILES string of the molecule is COC(=O)C(C1CC1)S(=O)(=O)c1ccc(OC)cc1. The normalized spacial score (nSPS) is 16.7. The van der Waals surface area contributed by atoms with Crippen molar-refractivity contribution in [3.05, 3.63) is 24.3 Å². The molecule has 0 radical (unpaired) electrons. The minimum atomic E-state index is -3.70. The zero-order chi connectivity index (χ0) is 14.0. The quantitative estimate of drug-likeness (QED) is 0.765. The highest BCUT2D eigenvalue weighted by Crippen LogP contribution is 2.39. The van der Waals surface area contributed by atoms with Gasteiger partial charge in [-0.1, -0.05) is 0 Å². The van der Waals surface area contributed by atoms with E-state index in [0.717, 1.165) is 12.8 Å². The maximum absolute atomic E-state index is 12.5. The van der Waals surface area contributed by atoms with E-state index in [1.165, 1.54) is 26.4 Å². The third-order valence-corrected chi connectivity index (χ3v) is 5.38. The van der Waals surface area contributed by atoms with E-state index in [9.17, 15) is 13.2 Å². The number of ether oxygens (including phenoxy) is 2. The standard InChI is InChI=1S/C13H16O5S/c1-17-10-5-7-11(8-6-10)19(15,16)12(9-3-4-9)13(14)18-2/h5-9,12H,3-4H2,1-2H3. The Hall–Kier alpha value is -1.56. The molecule has 0 N–H and O–H groups in total. The zero-order valence-corrected chi connectivity index (χ0v) is 11.6. The summed E-state index contributed by atoms with van der Waals surface area (Å²) in [6.07, 6.45) is 1.49. The van der Waals surface area contributed by atoms with Crippen LogP contribution in [-0.4, -0.2) is 33.9 Å². The van der Waals surface area contributed by atoms with Crippen LogP contribution in [0.1, 0.15) is 12.8 Å². The average molecular weight is 284 g/mol. The fourth-order valence-electron chi connectivity index (χ4n) is 2.00. The Morgan fingerprint density at radius 3 is 2.21 bits per heavy atom. The van der Waals surface area contributed by atoms with Gasteiger partial charge in [0.05, 0.1) is 19.1 Å². The Morgan fingerprint density at radius 2 is 1.79 bits per heavy atom. The summed E-state index contributed by atoms with van der Waals surface area (Å²) in [7, 11) is -0.990. The summed E-state index contributed by atoms with van der Waals surface area (Å²) < 4.78 is 34.6. The topological polar surface area (TPSA) is 69.7 Å². The predicted molar refractivity (Wildman–Crippen MR) is 68.7 cm³/mol. The highest BCUT2D eigenvalue weighted by atomic mass is 32.2.